The molecule has 1 N–H and O–H groups in total. The lowest BCUT2D eigenvalue weighted by Crippen LogP contribution is -2.25. The van der Waals surface area contributed by atoms with E-state index < -0.39 is 0 Å². The minimum absolute atomic E-state index is 0.188. The third-order valence-corrected chi connectivity index (χ3v) is 3.41. The number of methoxy groups -OCH3 is 1. The second kappa shape index (κ2) is 6.98. The van der Waals surface area contributed by atoms with Crippen molar-refractivity contribution in [1.82, 2.24) is 15.3 Å². The molecule has 22 heavy (non-hydrogen) atoms. The van der Waals surface area contributed by atoms with E-state index in [2.05, 4.69) is 20.0 Å². The topological polar surface area (TPSA) is 81.2 Å². The number of hydrogen-bond acceptors (Lipinski definition) is 5. The molecule has 2 rings (SSSR count). The number of aromatic nitrogens is 2. The van der Waals surface area contributed by atoms with Gasteiger partial charge < -0.3 is 10.1 Å². The number of ether oxygens (including phenoxy) is 1. The van der Waals surface area contributed by atoms with Crippen molar-refractivity contribution in [2.45, 2.75) is 26.7 Å². The number of carbonyl (C=O) groups excluding carboxylic acids is 2. The van der Waals surface area contributed by atoms with Gasteiger partial charge in [0.2, 0.25) is 0 Å². The molecule has 0 spiro atoms. The number of fused-ring (bicyclic) bond motifs is 1. The summed E-state index contributed by atoms with van der Waals surface area (Å²) in [6.07, 6.45) is 0.836. The quantitative estimate of drug-likeness (QED) is 0.674. The van der Waals surface area contributed by atoms with Gasteiger partial charge >= 0.3 is 5.97 Å². The van der Waals surface area contributed by atoms with Crippen LogP contribution in [-0.2, 0) is 9.53 Å². The molecular formula is C16H19N3O3. The first-order valence-corrected chi connectivity index (χ1v) is 7.11. The van der Waals surface area contributed by atoms with Crippen LogP contribution in [0.4, 0.5) is 0 Å². The van der Waals surface area contributed by atoms with E-state index in [9.17, 15) is 9.59 Å². The molecule has 6 nitrogen and oxygen atoms in total. The number of amides is 1. The molecule has 0 unspecified atom stereocenters. The monoisotopic (exact) mass is 301 g/mol. The van der Waals surface area contributed by atoms with Crippen molar-refractivity contribution in [2.24, 2.45) is 0 Å². The van der Waals surface area contributed by atoms with Crippen LogP contribution in [0.5, 0.6) is 0 Å². The van der Waals surface area contributed by atoms with Gasteiger partial charge in [0.25, 0.3) is 5.91 Å². The first kappa shape index (κ1) is 15.9. The average Bonchev–Trinajstić information content (AvgIpc) is 2.51. The normalized spacial score (nSPS) is 10.5. The van der Waals surface area contributed by atoms with Crippen LogP contribution in [0.3, 0.4) is 0 Å². The Balaban J connectivity index is 2.02. The van der Waals surface area contributed by atoms with Crippen LogP contribution in [0.1, 0.15) is 34.6 Å². The van der Waals surface area contributed by atoms with Crippen molar-refractivity contribution < 1.29 is 14.3 Å². The summed E-state index contributed by atoms with van der Waals surface area (Å²) < 4.78 is 4.54. The fraction of sp³-hybridized carbons (Fsp3) is 0.375. The van der Waals surface area contributed by atoms with Crippen molar-refractivity contribution in [3.63, 3.8) is 0 Å². The summed E-state index contributed by atoms with van der Waals surface area (Å²) in [6.45, 7) is 4.22. The molecule has 0 saturated heterocycles. The largest absolute Gasteiger partial charge is 0.469 e. The van der Waals surface area contributed by atoms with Gasteiger partial charge in [-0.3, -0.25) is 9.59 Å². The van der Waals surface area contributed by atoms with Crippen LogP contribution in [0.2, 0.25) is 0 Å². The second-order valence-corrected chi connectivity index (χ2v) is 5.03. The van der Waals surface area contributed by atoms with E-state index in [4.69, 9.17) is 0 Å². The maximum absolute atomic E-state index is 12.1. The van der Waals surface area contributed by atoms with Crippen LogP contribution in [0.25, 0.3) is 11.0 Å². The molecule has 0 aliphatic heterocycles. The van der Waals surface area contributed by atoms with Crippen molar-refractivity contribution in [3.05, 3.63) is 35.2 Å². The predicted octanol–water partition coefficient (Wildman–Crippen LogP) is 1.93. The Morgan fingerprint density at radius 2 is 1.82 bits per heavy atom. The van der Waals surface area contributed by atoms with E-state index in [1.54, 1.807) is 18.2 Å². The van der Waals surface area contributed by atoms with E-state index >= 15 is 0 Å². The SMILES string of the molecule is COC(=O)CCCNC(=O)c1ccc2nc(C)c(C)nc2c1. The fourth-order valence-corrected chi connectivity index (χ4v) is 2.01. The van der Waals surface area contributed by atoms with Gasteiger partial charge in [-0.1, -0.05) is 0 Å². The summed E-state index contributed by atoms with van der Waals surface area (Å²) in [6, 6.07) is 5.24. The number of benzene rings is 1. The standard InChI is InChI=1S/C16H19N3O3/c1-10-11(2)19-14-9-12(6-7-13(14)18-10)16(21)17-8-4-5-15(20)22-3/h6-7,9H,4-5,8H2,1-3H3,(H,17,21). The highest BCUT2D eigenvalue weighted by molar-refractivity contribution is 5.97. The van der Waals surface area contributed by atoms with Crippen LogP contribution in [0, 0.1) is 13.8 Å². The zero-order valence-electron chi connectivity index (χ0n) is 13.0. The van der Waals surface area contributed by atoms with Crippen molar-refractivity contribution in [1.29, 1.82) is 0 Å². The summed E-state index contributed by atoms with van der Waals surface area (Å²) in [7, 11) is 1.35. The molecule has 116 valence electrons. The van der Waals surface area contributed by atoms with Gasteiger partial charge in [0, 0.05) is 18.5 Å². The van der Waals surface area contributed by atoms with Crippen LogP contribution in [-0.4, -0.2) is 35.5 Å². The summed E-state index contributed by atoms with van der Waals surface area (Å²) in [4.78, 5) is 31.9. The second-order valence-electron chi connectivity index (χ2n) is 5.03. The smallest absolute Gasteiger partial charge is 0.305 e. The Morgan fingerprint density at radius 3 is 2.50 bits per heavy atom. The predicted molar refractivity (Wildman–Crippen MR) is 82.6 cm³/mol. The van der Waals surface area contributed by atoms with Crippen molar-refractivity contribution in [2.75, 3.05) is 13.7 Å². The summed E-state index contributed by atoms with van der Waals surface area (Å²) in [5, 5.41) is 2.77. The van der Waals surface area contributed by atoms with Crippen molar-refractivity contribution in [3.8, 4) is 0 Å². The maximum Gasteiger partial charge on any atom is 0.305 e. The number of carbonyl (C=O) groups is 2. The molecule has 0 fully saturated rings. The first-order chi connectivity index (χ1) is 10.5. The zero-order chi connectivity index (χ0) is 16.1. The fourth-order valence-electron chi connectivity index (χ4n) is 2.01. The molecule has 0 bridgehead atoms. The molecular weight excluding hydrogens is 282 g/mol. The highest BCUT2D eigenvalue weighted by Gasteiger charge is 2.09. The molecule has 1 amide bonds. The Hall–Kier alpha value is -2.50. The molecule has 0 saturated carbocycles. The lowest BCUT2D eigenvalue weighted by atomic mass is 10.1. The first-order valence-electron chi connectivity index (χ1n) is 7.11. The number of esters is 1. The molecule has 0 aliphatic rings. The van der Waals surface area contributed by atoms with Crippen LogP contribution in [0.15, 0.2) is 18.2 Å². The minimum Gasteiger partial charge on any atom is -0.469 e. The molecule has 1 heterocycles. The number of hydrogen-bond donors (Lipinski definition) is 1. The van der Waals surface area contributed by atoms with E-state index in [-0.39, 0.29) is 11.9 Å². The highest BCUT2D eigenvalue weighted by Crippen LogP contribution is 2.14. The van der Waals surface area contributed by atoms with Gasteiger partial charge in [-0.05, 0) is 38.5 Å². The van der Waals surface area contributed by atoms with Crippen molar-refractivity contribution >= 4 is 22.9 Å². The third-order valence-electron chi connectivity index (χ3n) is 3.41. The van der Waals surface area contributed by atoms with Gasteiger partial charge in [0.15, 0.2) is 0 Å². The maximum atomic E-state index is 12.1. The van der Waals surface area contributed by atoms with E-state index in [0.717, 1.165) is 16.9 Å². The molecule has 1 aromatic heterocycles. The third kappa shape index (κ3) is 3.78. The van der Waals surface area contributed by atoms with E-state index in [1.807, 2.05) is 13.8 Å². The highest BCUT2D eigenvalue weighted by atomic mass is 16.5. The summed E-state index contributed by atoms with van der Waals surface area (Å²) in [5.41, 5.74) is 3.73. The van der Waals surface area contributed by atoms with E-state index in [0.29, 0.717) is 30.5 Å². The molecule has 6 heteroatoms. The lowest BCUT2D eigenvalue weighted by molar-refractivity contribution is -0.140. The molecule has 0 atom stereocenters. The Kier molecular flexibility index (Phi) is 5.04. The molecule has 2 aromatic rings. The number of nitrogens with zero attached hydrogens (tertiary/aromatic N) is 2. The Morgan fingerprint density at radius 1 is 1.14 bits per heavy atom. The van der Waals surface area contributed by atoms with E-state index in [1.165, 1.54) is 7.11 Å². The minimum atomic E-state index is -0.277. The Labute approximate surface area is 128 Å². The molecule has 0 aliphatic carbocycles. The molecule has 1 aromatic carbocycles. The number of rotatable bonds is 5. The lowest BCUT2D eigenvalue weighted by Gasteiger charge is -2.07. The zero-order valence-corrected chi connectivity index (χ0v) is 13.0. The molecule has 0 radical (unpaired) electrons. The van der Waals surface area contributed by atoms with Gasteiger partial charge in [0.05, 0.1) is 29.5 Å². The van der Waals surface area contributed by atoms with Gasteiger partial charge in [-0.15, -0.1) is 0 Å². The average molecular weight is 301 g/mol. The summed E-state index contributed by atoms with van der Waals surface area (Å²) in [5.74, 6) is -0.465. The Bertz CT molecular complexity index is 713. The summed E-state index contributed by atoms with van der Waals surface area (Å²) >= 11 is 0. The van der Waals surface area contributed by atoms with Crippen LogP contribution >= 0.6 is 0 Å². The number of nitrogens with one attached hydrogen (secondary N) is 1. The van der Waals surface area contributed by atoms with Crippen LogP contribution < -0.4 is 5.32 Å². The van der Waals surface area contributed by atoms with Gasteiger partial charge in [-0.25, -0.2) is 9.97 Å². The van der Waals surface area contributed by atoms with Gasteiger partial charge in [-0.2, -0.15) is 0 Å². The number of aryl methyl sites for hydroxylation is 2. The van der Waals surface area contributed by atoms with Gasteiger partial charge in [0.1, 0.15) is 0 Å².